The molecule has 16 nitrogen and oxygen atoms in total. The lowest BCUT2D eigenvalue weighted by molar-refractivity contribution is -0.165. The van der Waals surface area contributed by atoms with Crippen molar-refractivity contribution >= 4 is 103 Å². The Hall–Kier alpha value is -8.22. The van der Waals surface area contributed by atoms with Crippen LogP contribution in [0, 0.1) is 23.7 Å². The number of hydrogen-bond donors (Lipinski definition) is 0. The molecule has 6 aliphatic rings. The second-order valence-corrected chi connectivity index (χ2v) is 22.2. The van der Waals surface area contributed by atoms with Gasteiger partial charge in [0.05, 0.1) is 21.1 Å². The number of benzene rings is 4. The van der Waals surface area contributed by atoms with E-state index in [4.69, 9.17) is 28.9 Å². The van der Waals surface area contributed by atoms with Crippen LogP contribution in [0.5, 0.6) is 0 Å². The molecule has 0 spiro atoms. The molecule has 2 heterocycles. The number of esters is 4. The fourth-order valence-electron chi connectivity index (χ4n) is 11.9. The molecule has 0 radical (unpaired) electrons. The van der Waals surface area contributed by atoms with E-state index in [9.17, 15) is 19.2 Å². The Morgan fingerprint density at radius 2 is 0.679 bits per heavy atom. The van der Waals surface area contributed by atoms with Crippen LogP contribution in [0.25, 0.3) is 11.1 Å². The van der Waals surface area contributed by atoms with Crippen molar-refractivity contribution in [1.82, 2.24) is 9.97 Å². The minimum absolute atomic E-state index is 0.107. The van der Waals surface area contributed by atoms with Gasteiger partial charge in [0.25, 0.3) is 0 Å². The maximum absolute atomic E-state index is 15.9. The number of rotatable bonds is 14. The number of aromatic nitrogens is 2. The Morgan fingerprint density at radius 1 is 0.423 bits per heavy atom. The van der Waals surface area contributed by atoms with Gasteiger partial charge in [-0.15, -0.1) is 0 Å². The standard InChI is InChI=1S/C60H48N4O12S2/c65-45-37-25-13-14-26-38(37)46(66)43(45)61-57-63-51-50(78-57)42-41(59(51,53(69)73-29-33-17-5-1-6-18-33)54(70)74-30-34-19-7-2-8-20-34)49-52(64-58(77-49)62-44-47(67)39-27-15-16-28-40(39)48(44)68)60(42,55(71)75-31-35-21-9-3-10-22-35)56(72)76-32-36-23-11-4-12-24-36/h1-12,17-24,37-40H,13-16,25-32H2. The maximum Gasteiger partial charge on any atom is 0.334 e. The topological polar surface area (TPSA) is 224 Å². The molecule has 4 saturated carbocycles. The molecule has 0 saturated heterocycles. The number of carbonyl (C=O) groups is 8. The van der Waals surface area contributed by atoms with Gasteiger partial charge >= 0.3 is 23.9 Å². The summed E-state index contributed by atoms with van der Waals surface area (Å²) in [6.45, 7) is -1.50. The van der Waals surface area contributed by atoms with Gasteiger partial charge < -0.3 is 18.9 Å². The van der Waals surface area contributed by atoms with Crippen LogP contribution in [0.4, 0.5) is 10.3 Å². The molecule has 0 amide bonds. The first-order chi connectivity index (χ1) is 38.0. The monoisotopic (exact) mass is 1080 g/mol. The van der Waals surface area contributed by atoms with Crippen molar-refractivity contribution in [3.05, 3.63) is 165 Å². The molecule has 4 fully saturated rings. The zero-order chi connectivity index (χ0) is 53.7. The molecule has 4 unspecified atom stereocenters. The van der Waals surface area contributed by atoms with E-state index in [-0.39, 0.29) is 80.4 Å². The van der Waals surface area contributed by atoms with Crippen LogP contribution >= 0.6 is 22.7 Å². The number of ketones is 4. The zero-order valence-electron chi connectivity index (χ0n) is 41.8. The summed E-state index contributed by atoms with van der Waals surface area (Å²) in [6, 6.07) is 34.7. The number of Topliss-reactive ketones (excluding diaryl/α,β-unsaturated/α-hetero) is 4. The lowest BCUT2D eigenvalue weighted by atomic mass is 9.79. The maximum atomic E-state index is 15.9. The van der Waals surface area contributed by atoms with E-state index in [1.807, 2.05) is 0 Å². The van der Waals surface area contributed by atoms with Crippen LogP contribution in [0.3, 0.4) is 0 Å². The molecule has 6 aliphatic carbocycles. The highest BCUT2D eigenvalue weighted by Crippen LogP contribution is 2.67. The van der Waals surface area contributed by atoms with Gasteiger partial charge in [-0.25, -0.2) is 20.0 Å². The highest BCUT2D eigenvalue weighted by atomic mass is 32.1. The Balaban J connectivity index is 1.12. The average Bonchev–Trinajstić information content (AvgIpc) is 3.88. The molecule has 18 heteroatoms. The highest BCUT2D eigenvalue weighted by Gasteiger charge is 2.74. The smallest absolute Gasteiger partial charge is 0.334 e. The largest absolute Gasteiger partial charge is 0.459 e. The Morgan fingerprint density at radius 3 is 0.936 bits per heavy atom. The van der Waals surface area contributed by atoms with E-state index in [1.54, 1.807) is 121 Å². The summed E-state index contributed by atoms with van der Waals surface area (Å²) in [4.78, 5) is 139. The minimum Gasteiger partial charge on any atom is -0.459 e. The Labute approximate surface area is 454 Å². The van der Waals surface area contributed by atoms with Crippen molar-refractivity contribution in [2.45, 2.75) is 88.6 Å². The van der Waals surface area contributed by atoms with E-state index in [0.29, 0.717) is 47.9 Å². The lowest BCUT2D eigenvalue weighted by Gasteiger charge is -2.27. The number of ether oxygens (including phenoxy) is 4. The van der Waals surface area contributed by atoms with Gasteiger partial charge in [0.15, 0.2) is 34.6 Å². The number of aliphatic imine (C=N–C) groups is 2. The molecular formula is C60H48N4O12S2. The predicted octanol–water partition coefficient (Wildman–Crippen LogP) is 9.05. The predicted molar refractivity (Wildman–Crippen MR) is 284 cm³/mol. The third-order valence-electron chi connectivity index (χ3n) is 15.7. The Bertz CT molecular complexity index is 3170. The van der Waals surface area contributed by atoms with Crippen LogP contribution in [0.1, 0.15) is 94.8 Å². The quantitative estimate of drug-likeness (QED) is 0.0564. The lowest BCUT2D eigenvalue weighted by Crippen LogP contribution is -2.46. The second-order valence-electron chi connectivity index (χ2n) is 20.2. The van der Waals surface area contributed by atoms with Crippen LogP contribution in [0.2, 0.25) is 0 Å². The van der Waals surface area contributed by atoms with Crippen LogP contribution < -0.4 is 0 Å². The summed E-state index contributed by atoms with van der Waals surface area (Å²) < 4.78 is 24.8. The first kappa shape index (κ1) is 50.6. The van der Waals surface area contributed by atoms with Gasteiger partial charge in [0.2, 0.25) is 21.1 Å². The normalized spacial score (nSPS) is 21.3. The number of hydrogen-bond acceptors (Lipinski definition) is 18. The second kappa shape index (κ2) is 20.6. The van der Waals surface area contributed by atoms with Crippen molar-refractivity contribution in [3.8, 4) is 0 Å². The molecule has 4 atom stereocenters. The fourth-order valence-corrected chi connectivity index (χ4v) is 14.1. The first-order valence-corrected chi connectivity index (χ1v) is 27.6. The average molecular weight is 1080 g/mol. The van der Waals surface area contributed by atoms with Crippen LogP contribution in [-0.4, -0.2) is 68.4 Å². The van der Waals surface area contributed by atoms with Crippen molar-refractivity contribution in [1.29, 1.82) is 0 Å². The number of fused-ring (bicyclic) bond motifs is 6. The molecule has 12 rings (SSSR count). The van der Waals surface area contributed by atoms with Crippen LogP contribution in [0.15, 0.2) is 131 Å². The molecular weight excluding hydrogens is 1030 g/mol. The number of carbonyl (C=O) groups excluding carboxylic acids is 8. The number of nitrogens with zero attached hydrogens (tertiary/aromatic N) is 4. The third kappa shape index (κ3) is 8.39. The summed E-state index contributed by atoms with van der Waals surface area (Å²) in [5.74, 6) is -8.97. The van der Waals surface area contributed by atoms with Crippen molar-refractivity contribution in [3.63, 3.8) is 0 Å². The summed E-state index contributed by atoms with van der Waals surface area (Å²) in [5, 5.41) is -0.477. The molecule has 392 valence electrons. The molecule has 0 bridgehead atoms. The molecule has 0 N–H and O–H groups in total. The summed E-state index contributed by atoms with van der Waals surface area (Å²) in [5.41, 5.74) is -5.45. The van der Waals surface area contributed by atoms with Crippen molar-refractivity contribution in [2.75, 3.05) is 0 Å². The Kier molecular flexibility index (Phi) is 13.4. The van der Waals surface area contributed by atoms with Gasteiger partial charge in [-0.05, 0) is 47.9 Å². The fraction of sp³-hybridized carbons (Fsp3) is 0.300. The first-order valence-electron chi connectivity index (χ1n) is 26.0. The van der Waals surface area contributed by atoms with E-state index in [2.05, 4.69) is 9.98 Å². The molecule has 0 aliphatic heterocycles. The van der Waals surface area contributed by atoms with E-state index in [0.717, 1.165) is 48.4 Å². The zero-order valence-corrected chi connectivity index (χ0v) is 43.5. The van der Waals surface area contributed by atoms with Gasteiger partial charge in [0.1, 0.15) is 26.4 Å². The SMILES string of the molecule is O=C1C(=Nc2nc3c(s2)C2=C(c4sc(N=C5C(=O)C6CCCCC6C5=O)nc4C2(C(=O)OCc2ccccc2)C(=O)OCc2ccccc2)C3(C(=O)OCc2ccccc2)C(=O)OCc2ccccc2)C(=O)C2CCCCC12. The molecule has 6 aromatic rings. The molecule has 2 aromatic heterocycles. The van der Waals surface area contributed by atoms with Crippen LogP contribution in [-0.2, 0) is 94.6 Å². The molecule has 78 heavy (non-hydrogen) atoms. The van der Waals surface area contributed by atoms with E-state index in [1.165, 1.54) is 0 Å². The van der Waals surface area contributed by atoms with Crippen molar-refractivity contribution in [2.24, 2.45) is 33.7 Å². The van der Waals surface area contributed by atoms with E-state index >= 15 is 19.2 Å². The van der Waals surface area contributed by atoms with Gasteiger partial charge in [-0.1, -0.05) is 170 Å². The van der Waals surface area contributed by atoms with E-state index < -0.39 is 81.5 Å². The summed E-state index contributed by atoms with van der Waals surface area (Å²) in [6.07, 6.45) is 5.08. The van der Waals surface area contributed by atoms with Crippen molar-refractivity contribution < 1.29 is 57.3 Å². The highest BCUT2D eigenvalue weighted by molar-refractivity contribution is 7.18. The summed E-state index contributed by atoms with van der Waals surface area (Å²) >= 11 is 1.48. The molecule has 4 aromatic carbocycles. The van der Waals surface area contributed by atoms with Gasteiger partial charge in [0, 0.05) is 34.8 Å². The number of thiazole rings is 2. The van der Waals surface area contributed by atoms with Gasteiger partial charge in [-0.3, -0.25) is 38.4 Å². The third-order valence-corrected chi connectivity index (χ3v) is 17.6. The van der Waals surface area contributed by atoms with Gasteiger partial charge in [-0.2, -0.15) is 0 Å². The summed E-state index contributed by atoms with van der Waals surface area (Å²) in [7, 11) is 0. The minimum atomic E-state index is -2.82.